The quantitative estimate of drug-likeness (QED) is 0.517. The molecule has 2 aromatic rings. The van der Waals surface area contributed by atoms with Gasteiger partial charge >= 0.3 is 0 Å². The van der Waals surface area contributed by atoms with E-state index in [1.165, 1.54) is 10.4 Å². The van der Waals surface area contributed by atoms with Crippen molar-refractivity contribution in [2.75, 3.05) is 26.7 Å². The van der Waals surface area contributed by atoms with Crippen molar-refractivity contribution in [3.8, 4) is 5.75 Å². The Balaban J connectivity index is 1.83. The Kier molecular flexibility index (Phi) is 8.52. The molecular weight excluding hydrogens is 408 g/mol. The molecule has 31 heavy (non-hydrogen) atoms. The van der Waals surface area contributed by atoms with Gasteiger partial charge in [0.05, 0.1) is 19.7 Å². The molecule has 6 heteroatoms. The highest BCUT2D eigenvalue weighted by atomic mass is 32.1. The number of rotatable bonds is 10. The van der Waals surface area contributed by atoms with Crippen LogP contribution in [0.3, 0.4) is 0 Å². The first-order chi connectivity index (χ1) is 15.1. The first kappa shape index (κ1) is 23.3. The van der Waals surface area contributed by atoms with Crippen LogP contribution in [-0.4, -0.2) is 48.4 Å². The lowest BCUT2D eigenvalue weighted by Gasteiger charge is -2.37. The van der Waals surface area contributed by atoms with E-state index in [4.69, 9.17) is 4.74 Å². The van der Waals surface area contributed by atoms with Gasteiger partial charge < -0.3 is 14.5 Å². The summed E-state index contributed by atoms with van der Waals surface area (Å²) in [7, 11) is 1.66. The van der Waals surface area contributed by atoms with Crippen molar-refractivity contribution in [3.63, 3.8) is 0 Å². The molecule has 5 nitrogen and oxygen atoms in total. The fourth-order valence-corrected chi connectivity index (χ4v) is 5.02. The molecule has 3 rings (SSSR count). The maximum atomic E-state index is 13.5. The molecule has 168 valence electrons. The van der Waals surface area contributed by atoms with E-state index in [2.05, 4.69) is 25.3 Å². The molecule has 1 aliphatic heterocycles. The van der Waals surface area contributed by atoms with Crippen LogP contribution in [0.5, 0.6) is 5.75 Å². The monoisotopic (exact) mass is 442 g/mol. The van der Waals surface area contributed by atoms with Crippen LogP contribution in [-0.2, 0) is 16.0 Å². The van der Waals surface area contributed by atoms with E-state index in [-0.39, 0.29) is 24.4 Å². The summed E-state index contributed by atoms with van der Waals surface area (Å²) in [5, 5.41) is 2.11. The van der Waals surface area contributed by atoms with Gasteiger partial charge in [0.1, 0.15) is 5.75 Å². The third-order valence-electron chi connectivity index (χ3n) is 5.92. The summed E-state index contributed by atoms with van der Waals surface area (Å²) in [4.78, 5) is 31.3. The topological polar surface area (TPSA) is 49.9 Å². The Bertz CT molecular complexity index is 862. The molecule has 1 aliphatic rings. The molecule has 1 aromatic heterocycles. The highest BCUT2D eigenvalue weighted by Gasteiger charge is 2.33. The predicted molar refractivity (Wildman–Crippen MR) is 126 cm³/mol. The van der Waals surface area contributed by atoms with E-state index < -0.39 is 0 Å². The standard InChI is InChI=1S/C25H34N2O3S/c1-4-6-8-23(28)26(15-7-5-2)18-24(29)27-16-13-22-21(14-17-31-22)25(27)19-9-11-20(30-3)12-10-19/h9-12,14,17,25H,4-8,13,15-16,18H2,1-3H3. The molecule has 0 bridgehead atoms. The Morgan fingerprint density at radius 2 is 1.87 bits per heavy atom. The minimum absolute atomic E-state index is 0.0265. The SMILES string of the molecule is CCCCC(=O)N(CCCC)CC(=O)N1CCc2sccc2C1c1ccc(OC)cc1. The number of benzene rings is 1. The number of fused-ring (bicyclic) bond motifs is 1. The Hall–Kier alpha value is -2.34. The first-order valence-electron chi connectivity index (χ1n) is 11.4. The van der Waals surface area contributed by atoms with Crippen molar-refractivity contribution in [1.29, 1.82) is 0 Å². The van der Waals surface area contributed by atoms with Crippen LogP contribution in [0, 0.1) is 0 Å². The molecule has 0 saturated carbocycles. The summed E-state index contributed by atoms with van der Waals surface area (Å²) in [5.41, 5.74) is 2.28. The summed E-state index contributed by atoms with van der Waals surface area (Å²) in [6.07, 6.45) is 5.15. The van der Waals surface area contributed by atoms with E-state index in [1.807, 2.05) is 29.2 Å². The van der Waals surface area contributed by atoms with Crippen molar-refractivity contribution in [1.82, 2.24) is 9.80 Å². The van der Waals surface area contributed by atoms with Crippen molar-refractivity contribution >= 4 is 23.2 Å². The van der Waals surface area contributed by atoms with Crippen LogP contribution < -0.4 is 4.74 Å². The van der Waals surface area contributed by atoms with Gasteiger partial charge in [-0.3, -0.25) is 9.59 Å². The lowest BCUT2D eigenvalue weighted by atomic mass is 9.93. The Morgan fingerprint density at radius 3 is 2.55 bits per heavy atom. The third-order valence-corrected chi connectivity index (χ3v) is 6.92. The van der Waals surface area contributed by atoms with E-state index in [0.717, 1.165) is 43.4 Å². The molecule has 0 N–H and O–H groups in total. The molecule has 2 heterocycles. The number of unbranched alkanes of at least 4 members (excludes halogenated alkanes) is 2. The zero-order valence-electron chi connectivity index (χ0n) is 18.9. The second-order valence-electron chi connectivity index (χ2n) is 8.08. The second-order valence-corrected chi connectivity index (χ2v) is 9.09. The van der Waals surface area contributed by atoms with E-state index in [0.29, 0.717) is 19.5 Å². The van der Waals surface area contributed by atoms with Crippen LogP contribution in [0.2, 0.25) is 0 Å². The number of thiophene rings is 1. The number of hydrogen-bond acceptors (Lipinski definition) is 4. The molecule has 0 aliphatic carbocycles. The zero-order chi connectivity index (χ0) is 22.2. The molecule has 2 amide bonds. The molecule has 0 radical (unpaired) electrons. The number of amides is 2. The number of carbonyl (C=O) groups excluding carboxylic acids is 2. The van der Waals surface area contributed by atoms with Crippen molar-refractivity contribution in [2.24, 2.45) is 0 Å². The lowest BCUT2D eigenvalue weighted by molar-refractivity contribution is -0.141. The molecule has 0 saturated heterocycles. The molecule has 1 aromatic carbocycles. The average molecular weight is 443 g/mol. The second kappa shape index (κ2) is 11.3. The van der Waals surface area contributed by atoms with Gasteiger partial charge in [0.15, 0.2) is 0 Å². The van der Waals surface area contributed by atoms with Gasteiger partial charge in [-0.15, -0.1) is 11.3 Å². The molecule has 1 atom stereocenters. The number of methoxy groups -OCH3 is 1. The minimum atomic E-state index is -0.118. The fourth-order valence-electron chi connectivity index (χ4n) is 4.11. The summed E-state index contributed by atoms with van der Waals surface area (Å²) in [5.74, 6) is 0.923. The van der Waals surface area contributed by atoms with Gasteiger partial charge in [0.25, 0.3) is 0 Å². The smallest absolute Gasteiger partial charge is 0.242 e. The Morgan fingerprint density at radius 1 is 1.13 bits per heavy atom. The van der Waals surface area contributed by atoms with Crippen LogP contribution in [0.1, 0.15) is 68.0 Å². The Labute approximate surface area is 190 Å². The van der Waals surface area contributed by atoms with Crippen LogP contribution >= 0.6 is 11.3 Å². The van der Waals surface area contributed by atoms with Gasteiger partial charge in [0, 0.05) is 24.4 Å². The average Bonchev–Trinajstić information content (AvgIpc) is 3.28. The molecular formula is C25H34N2O3S. The van der Waals surface area contributed by atoms with Gasteiger partial charge in [-0.2, -0.15) is 0 Å². The summed E-state index contributed by atoms with van der Waals surface area (Å²) < 4.78 is 5.31. The van der Waals surface area contributed by atoms with E-state index >= 15 is 0 Å². The van der Waals surface area contributed by atoms with Gasteiger partial charge in [-0.25, -0.2) is 0 Å². The molecule has 0 spiro atoms. The van der Waals surface area contributed by atoms with E-state index in [1.54, 1.807) is 23.3 Å². The summed E-state index contributed by atoms with van der Waals surface area (Å²) in [6, 6.07) is 9.98. The number of ether oxygens (including phenoxy) is 1. The van der Waals surface area contributed by atoms with Gasteiger partial charge in [-0.1, -0.05) is 38.8 Å². The minimum Gasteiger partial charge on any atom is -0.497 e. The highest BCUT2D eigenvalue weighted by Crippen LogP contribution is 2.38. The predicted octanol–water partition coefficient (Wildman–Crippen LogP) is 5.05. The summed E-state index contributed by atoms with van der Waals surface area (Å²) >= 11 is 1.76. The molecule has 0 fully saturated rings. The highest BCUT2D eigenvalue weighted by molar-refractivity contribution is 7.10. The number of nitrogens with zero attached hydrogens (tertiary/aromatic N) is 2. The van der Waals surface area contributed by atoms with Crippen molar-refractivity contribution in [3.05, 3.63) is 51.7 Å². The maximum Gasteiger partial charge on any atom is 0.242 e. The van der Waals surface area contributed by atoms with Gasteiger partial charge in [-0.05, 0) is 54.0 Å². The van der Waals surface area contributed by atoms with Crippen LogP contribution in [0.4, 0.5) is 0 Å². The summed E-state index contributed by atoms with van der Waals surface area (Å²) in [6.45, 7) is 5.68. The van der Waals surface area contributed by atoms with Gasteiger partial charge in [0.2, 0.25) is 11.8 Å². The molecule has 1 unspecified atom stereocenters. The van der Waals surface area contributed by atoms with E-state index in [9.17, 15) is 9.59 Å². The number of carbonyl (C=O) groups is 2. The lowest BCUT2D eigenvalue weighted by Crippen LogP contribution is -2.47. The zero-order valence-corrected chi connectivity index (χ0v) is 19.7. The third kappa shape index (κ3) is 5.67. The normalized spacial score (nSPS) is 15.5. The maximum absolute atomic E-state index is 13.5. The largest absolute Gasteiger partial charge is 0.497 e. The van der Waals surface area contributed by atoms with Crippen LogP contribution in [0.15, 0.2) is 35.7 Å². The van der Waals surface area contributed by atoms with Crippen molar-refractivity contribution in [2.45, 2.75) is 58.4 Å². The fraction of sp³-hybridized carbons (Fsp3) is 0.520. The number of hydrogen-bond donors (Lipinski definition) is 0. The van der Waals surface area contributed by atoms with Crippen LogP contribution in [0.25, 0.3) is 0 Å². The van der Waals surface area contributed by atoms with Crippen molar-refractivity contribution < 1.29 is 14.3 Å². The first-order valence-corrected chi connectivity index (χ1v) is 12.2.